The van der Waals surface area contributed by atoms with Crippen LogP contribution in [0.5, 0.6) is 0 Å². The van der Waals surface area contributed by atoms with Crippen LogP contribution in [0.3, 0.4) is 0 Å². The maximum Gasteiger partial charge on any atom is 0.278 e. The molecule has 1 unspecified atom stereocenters. The number of aromatic nitrogens is 3. The molecule has 0 bridgehead atoms. The molecule has 1 aromatic carbocycles. The molecule has 1 amide bonds. The zero-order chi connectivity index (χ0) is 24.1. The molecule has 0 radical (unpaired) electrons. The summed E-state index contributed by atoms with van der Waals surface area (Å²) in [4.78, 5) is 21.3. The minimum Gasteiger partial charge on any atom is -0.381 e. The minimum absolute atomic E-state index is 0.0262. The van der Waals surface area contributed by atoms with Crippen LogP contribution in [0, 0.1) is 11.6 Å². The van der Waals surface area contributed by atoms with Crippen LogP contribution in [0.25, 0.3) is 5.69 Å². The number of carbonyl (C=O) groups is 1. The van der Waals surface area contributed by atoms with E-state index >= 15 is 0 Å². The quantitative estimate of drug-likeness (QED) is 0.275. The predicted octanol–water partition coefficient (Wildman–Crippen LogP) is -0.271. The van der Waals surface area contributed by atoms with Crippen LogP contribution in [-0.2, 0) is 16.2 Å². The van der Waals surface area contributed by atoms with Crippen LogP contribution in [-0.4, -0.2) is 87.5 Å². The third-order valence-corrected chi connectivity index (χ3v) is 5.47. The van der Waals surface area contributed by atoms with E-state index in [1.54, 1.807) is 28.8 Å². The van der Waals surface area contributed by atoms with Gasteiger partial charge < -0.3 is 25.1 Å². The zero-order valence-electron chi connectivity index (χ0n) is 18.2. The second-order valence-electron chi connectivity index (χ2n) is 7.69. The summed E-state index contributed by atoms with van der Waals surface area (Å²) in [6.45, 7) is 1.30. The Bertz CT molecular complexity index is 974. The van der Waals surface area contributed by atoms with Crippen LogP contribution in [0.15, 0.2) is 18.3 Å². The second-order valence-corrected chi connectivity index (χ2v) is 8.06. The fourth-order valence-electron chi connectivity index (χ4n) is 3.34. The molecule has 0 aliphatic carbocycles. The normalized spacial score (nSPS) is 15.0. The molecule has 0 saturated carbocycles. The SMILES string of the molecule is CN(C)C(O)CC(=O)N1CCN(c2c(F)cc(-n3cc(CNC(=S)ON)nn3)cc2F)CC1. The molecule has 1 aliphatic heterocycles. The molecule has 1 saturated heterocycles. The number of anilines is 1. The van der Waals surface area contributed by atoms with Gasteiger partial charge in [0.25, 0.3) is 5.17 Å². The van der Waals surface area contributed by atoms with Crippen LogP contribution in [0.2, 0.25) is 0 Å². The Morgan fingerprint density at radius 1 is 1.30 bits per heavy atom. The van der Waals surface area contributed by atoms with Gasteiger partial charge in [0.2, 0.25) is 5.91 Å². The fourth-order valence-corrected chi connectivity index (χ4v) is 3.42. The van der Waals surface area contributed by atoms with Gasteiger partial charge in [-0.3, -0.25) is 9.69 Å². The molecule has 3 rings (SSSR count). The van der Waals surface area contributed by atoms with Gasteiger partial charge in [0.1, 0.15) is 17.6 Å². The number of aliphatic hydroxyl groups is 1. The fraction of sp³-hybridized carbons (Fsp3) is 0.474. The summed E-state index contributed by atoms with van der Waals surface area (Å²) in [6, 6.07) is 2.34. The lowest BCUT2D eigenvalue weighted by atomic mass is 10.2. The van der Waals surface area contributed by atoms with Crippen molar-refractivity contribution in [3.8, 4) is 5.69 Å². The number of hydrogen-bond donors (Lipinski definition) is 3. The lowest BCUT2D eigenvalue weighted by Gasteiger charge is -2.37. The van der Waals surface area contributed by atoms with Gasteiger partial charge in [-0.1, -0.05) is 5.21 Å². The monoisotopic (exact) mass is 484 g/mol. The zero-order valence-corrected chi connectivity index (χ0v) is 19.1. The Kier molecular flexibility index (Phi) is 8.07. The molecule has 1 fully saturated rings. The summed E-state index contributed by atoms with van der Waals surface area (Å²) in [7, 11) is 3.35. The Morgan fingerprint density at radius 2 is 1.94 bits per heavy atom. The number of rotatable bonds is 7. The second kappa shape index (κ2) is 10.8. The highest BCUT2D eigenvalue weighted by molar-refractivity contribution is 7.80. The van der Waals surface area contributed by atoms with Crippen molar-refractivity contribution >= 4 is 29.0 Å². The molecular weight excluding hydrogens is 458 g/mol. The number of thiocarbonyl (C=S) groups is 1. The highest BCUT2D eigenvalue weighted by Gasteiger charge is 2.27. The average molecular weight is 485 g/mol. The van der Waals surface area contributed by atoms with Gasteiger partial charge in [-0.05, 0) is 26.3 Å². The molecule has 4 N–H and O–H groups in total. The topological polar surface area (TPSA) is 125 Å². The molecule has 14 heteroatoms. The molecule has 0 spiro atoms. The van der Waals surface area contributed by atoms with Gasteiger partial charge in [0.15, 0.2) is 11.6 Å². The Hall–Kier alpha value is -2.94. The summed E-state index contributed by atoms with van der Waals surface area (Å²) in [5.74, 6) is 3.23. The van der Waals surface area contributed by atoms with Gasteiger partial charge in [0.05, 0.1) is 24.8 Å². The van der Waals surface area contributed by atoms with Crippen LogP contribution in [0.4, 0.5) is 14.5 Å². The molecule has 11 nitrogen and oxygen atoms in total. The van der Waals surface area contributed by atoms with Crippen LogP contribution < -0.4 is 16.1 Å². The Balaban J connectivity index is 1.65. The summed E-state index contributed by atoms with van der Waals surface area (Å²) in [6.07, 6.45) is 0.578. The first-order valence-electron chi connectivity index (χ1n) is 10.1. The Labute approximate surface area is 194 Å². The minimum atomic E-state index is -0.878. The maximum absolute atomic E-state index is 14.9. The maximum atomic E-state index is 14.9. The van der Waals surface area contributed by atoms with Crippen molar-refractivity contribution in [2.75, 3.05) is 45.2 Å². The first kappa shape index (κ1) is 24.7. The van der Waals surface area contributed by atoms with Gasteiger partial charge in [-0.15, -0.1) is 5.10 Å². The number of nitrogens with one attached hydrogen (secondary N) is 1. The van der Waals surface area contributed by atoms with E-state index in [-0.39, 0.29) is 48.5 Å². The molecular formula is C19H26F2N8O3S. The molecule has 1 atom stereocenters. The molecule has 2 aromatic rings. The highest BCUT2D eigenvalue weighted by atomic mass is 32.1. The summed E-state index contributed by atoms with van der Waals surface area (Å²) < 4.78 is 31.0. The number of benzene rings is 1. The average Bonchev–Trinajstić information content (AvgIpc) is 3.26. The molecule has 1 aromatic heterocycles. The number of amides is 1. The number of nitrogens with zero attached hydrogens (tertiary/aromatic N) is 6. The molecule has 1 aliphatic rings. The standard InChI is InChI=1S/C19H26F2N8O3S/c1-26(2)16(30)9-17(31)27-3-5-28(6-4-27)18-14(20)7-13(8-15(18)21)29-11-12(24-25-29)10-23-19(33)32-22/h7-8,11,16,30H,3-6,9-10,22H2,1-2H3,(H,23,33). The number of carbonyl (C=O) groups excluding carboxylic acids is 1. The van der Waals surface area contributed by atoms with Gasteiger partial charge in [-0.25, -0.2) is 13.5 Å². The number of aliphatic hydroxyl groups excluding tert-OH is 1. The van der Waals surface area contributed by atoms with Crippen molar-refractivity contribution in [1.82, 2.24) is 30.1 Å². The van der Waals surface area contributed by atoms with E-state index in [0.717, 1.165) is 0 Å². The van der Waals surface area contributed by atoms with Gasteiger partial charge in [-0.2, -0.15) is 5.90 Å². The van der Waals surface area contributed by atoms with E-state index in [4.69, 9.17) is 18.1 Å². The van der Waals surface area contributed by atoms with Crippen molar-refractivity contribution in [3.05, 3.63) is 35.7 Å². The number of piperazine rings is 1. The molecule has 2 heterocycles. The molecule has 180 valence electrons. The van der Waals surface area contributed by atoms with E-state index < -0.39 is 17.9 Å². The number of hydrogen-bond acceptors (Lipinski definition) is 9. The third kappa shape index (κ3) is 6.10. The summed E-state index contributed by atoms with van der Waals surface area (Å²) in [5.41, 5.74) is 0.461. The van der Waals surface area contributed by atoms with Crippen molar-refractivity contribution in [3.63, 3.8) is 0 Å². The van der Waals surface area contributed by atoms with Gasteiger partial charge in [0, 0.05) is 38.3 Å². The lowest BCUT2D eigenvalue weighted by Crippen LogP contribution is -2.50. The highest BCUT2D eigenvalue weighted by Crippen LogP contribution is 2.27. The van der Waals surface area contributed by atoms with E-state index in [2.05, 4.69) is 20.5 Å². The van der Waals surface area contributed by atoms with Crippen LogP contribution in [0.1, 0.15) is 12.1 Å². The van der Waals surface area contributed by atoms with Crippen molar-refractivity contribution in [1.29, 1.82) is 0 Å². The smallest absolute Gasteiger partial charge is 0.278 e. The Morgan fingerprint density at radius 3 is 2.52 bits per heavy atom. The number of halogens is 2. The predicted molar refractivity (Wildman–Crippen MR) is 119 cm³/mol. The van der Waals surface area contributed by atoms with E-state index in [1.807, 2.05) is 0 Å². The third-order valence-electron chi connectivity index (χ3n) is 5.23. The number of nitrogens with two attached hydrogens (primary N) is 1. The van der Waals surface area contributed by atoms with Crippen molar-refractivity contribution in [2.45, 2.75) is 19.2 Å². The van der Waals surface area contributed by atoms with Crippen molar-refractivity contribution < 1.29 is 23.5 Å². The van der Waals surface area contributed by atoms with E-state index in [0.29, 0.717) is 18.8 Å². The lowest BCUT2D eigenvalue weighted by molar-refractivity contribution is -0.135. The summed E-state index contributed by atoms with van der Waals surface area (Å²) >= 11 is 4.76. The first-order valence-corrected chi connectivity index (χ1v) is 10.5. The first-order chi connectivity index (χ1) is 15.7. The van der Waals surface area contributed by atoms with E-state index in [1.165, 1.54) is 23.0 Å². The summed E-state index contributed by atoms with van der Waals surface area (Å²) in [5, 5.41) is 20.3. The van der Waals surface area contributed by atoms with Gasteiger partial charge >= 0.3 is 0 Å². The van der Waals surface area contributed by atoms with Crippen LogP contribution >= 0.6 is 12.2 Å². The largest absolute Gasteiger partial charge is 0.381 e. The molecule has 33 heavy (non-hydrogen) atoms. The van der Waals surface area contributed by atoms with E-state index in [9.17, 15) is 18.7 Å². The van der Waals surface area contributed by atoms with Crippen molar-refractivity contribution in [2.24, 2.45) is 5.90 Å².